The van der Waals surface area contributed by atoms with E-state index in [2.05, 4.69) is 26.6 Å². The van der Waals surface area contributed by atoms with E-state index in [1.807, 2.05) is 45.0 Å². The van der Waals surface area contributed by atoms with Gasteiger partial charge in [0.25, 0.3) is 0 Å². The Kier molecular flexibility index (Phi) is 5.87. The minimum Gasteiger partial charge on any atom is -0.333 e. The average Bonchev–Trinajstić information content (AvgIpc) is 2.25. The van der Waals surface area contributed by atoms with Crippen molar-refractivity contribution >= 4 is 39.6 Å². The van der Waals surface area contributed by atoms with Gasteiger partial charge in [-0.15, -0.1) is 11.8 Å². The van der Waals surface area contributed by atoms with E-state index in [4.69, 9.17) is 0 Å². The maximum atomic E-state index is 11.6. The Bertz CT molecular complexity index is 472. The van der Waals surface area contributed by atoms with Crippen molar-refractivity contribution in [3.05, 3.63) is 28.7 Å². The lowest BCUT2D eigenvalue weighted by atomic mass is 10.1. The normalized spacial score (nSPS) is 10.9. The van der Waals surface area contributed by atoms with Gasteiger partial charge in [-0.25, -0.2) is 4.79 Å². The van der Waals surface area contributed by atoms with Crippen LogP contribution in [-0.2, 0) is 4.79 Å². The molecule has 0 fully saturated rings. The molecule has 104 valence electrons. The van der Waals surface area contributed by atoms with Crippen LogP contribution in [0.5, 0.6) is 0 Å². The van der Waals surface area contributed by atoms with Crippen molar-refractivity contribution < 1.29 is 9.59 Å². The maximum absolute atomic E-state index is 11.6. The smallest absolute Gasteiger partial charge is 0.321 e. The maximum Gasteiger partial charge on any atom is 0.321 e. The molecule has 2 N–H and O–H groups in total. The Balaban J connectivity index is 2.40. The number of nitrogens with one attached hydrogen (secondary N) is 2. The van der Waals surface area contributed by atoms with Gasteiger partial charge in [-0.05, 0) is 48.8 Å². The quantitative estimate of drug-likeness (QED) is 0.828. The van der Waals surface area contributed by atoms with Crippen LogP contribution in [0.2, 0.25) is 0 Å². The summed E-state index contributed by atoms with van der Waals surface area (Å²) in [5.74, 6) is -0.123. The topological polar surface area (TPSA) is 58.2 Å². The number of amides is 3. The Hall–Kier alpha value is -1.01. The summed E-state index contributed by atoms with van der Waals surface area (Å²) < 4.78 is 0.937. The van der Waals surface area contributed by atoms with Crippen LogP contribution in [-0.4, -0.2) is 23.2 Å². The second kappa shape index (κ2) is 6.96. The molecular formula is C13H17BrN2O2S. The van der Waals surface area contributed by atoms with Crippen molar-refractivity contribution in [2.24, 2.45) is 0 Å². The molecule has 1 aromatic carbocycles. The predicted octanol–water partition coefficient (Wildman–Crippen LogP) is 3.17. The highest BCUT2D eigenvalue weighted by atomic mass is 79.9. The van der Waals surface area contributed by atoms with Crippen molar-refractivity contribution in [3.63, 3.8) is 0 Å². The highest BCUT2D eigenvalue weighted by Crippen LogP contribution is 2.26. The molecule has 0 radical (unpaired) electrons. The Morgan fingerprint density at radius 3 is 2.47 bits per heavy atom. The third-order valence-corrected chi connectivity index (χ3v) is 3.96. The van der Waals surface area contributed by atoms with Gasteiger partial charge in [0.05, 0.1) is 5.75 Å². The number of rotatable bonds is 3. The van der Waals surface area contributed by atoms with Gasteiger partial charge in [-0.3, -0.25) is 10.1 Å². The molecule has 1 rings (SSSR count). The second-order valence-electron chi connectivity index (χ2n) is 4.97. The van der Waals surface area contributed by atoms with Crippen LogP contribution >= 0.6 is 27.7 Å². The summed E-state index contributed by atoms with van der Waals surface area (Å²) in [4.78, 5) is 24.1. The molecule has 0 aromatic heterocycles. The van der Waals surface area contributed by atoms with Crippen LogP contribution in [0.3, 0.4) is 0 Å². The van der Waals surface area contributed by atoms with E-state index in [1.54, 1.807) is 0 Å². The van der Waals surface area contributed by atoms with E-state index in [9.17, 15) is 9.59 Å². The number of hydrogen-bond acceptors (Lipinski definition) is 3. The number of urea groups is 1. The Morgan fingerprint density at radius 2 is 1.89 bits per heavy atom. The number of imide groups is 1. The SMILES string of the molecule is CC(C)(C)NC(=O)NC(=O)CSc1ccccc1Br. The molecule has 0 saturated carbocycles. The summed E-state index contributed by atoms with van der Waals surface area (Å²) in [6, 6.07) is 7.16. The second-order valence-corrected chi connectivity index (χ2v) is 6.84. The molecule has 4 nitrogen and oxygen atoms in total. The van der Waals surface area contributed by atoms with Crippen LogP contribution in [0, 0.1) is 0 Å². The zero-order valence-corrected chi connectivity index (χ0v) is 13.5. The van der Waals surface area contributed by atoms with Crippen LogP contribution in [0.1, 0.15) is 20.8 Å². The third-order valence-electron chi connectivity index (χ3n) is 1.94. The standard InChI is InChI=1S/C13H17BrN2O2S/c1-13(2,3)16-12(18)15-11(17)8-19-10-7-5-4-6-9(10)14/h4-7H,8H2,1-3H3,(H2,15,16,17,18). The molecule has 0 spiro atoms. The third kappa shape index (κ3) is 6.63. The molecule has 0 aliphatic heterocycles. The molecule has 0 saturated heterocycles. The zero-order chi connectivity index (χ0) is 14.5. The number of carbonyl (C=O) groups excluding carboxylic acids is 2. The van der Waals surface area contributed by atoms with Gasteiger partial charge in [0.1, 0.15) is 0 Å². The van der Waals surface area contributed by atoms with Crippen LogP contribution < -0.4 is 10.6 Å². The number of halogens is 1. The summed E-state index contributed by atoms with van der Waals surface area (Å²) >= 11 is 4.78. The number of benzene rings is 1. The highest BCUT2D eigenvalue weighted by Gasteiger charge is 2.15. The lowest BCUT2D eigenvalue weighted by Crippen LogP contribution is -2.48. The van der Waals surface area contributed by atoms with E-state index in [0.717, 1.165) is 9.37 Å². The first kappa shape index (κ1) is 16.0. The summed E-state index contributed by atoms with van der Waals surface area (Å²) in [7, 11) is 0. The number of hydrogen-bond donors (Lipinski definition) is 2. The van der Waals surface area contributed by atoms with Crippen molar-refractivity contribution in [1.29, 1.82) is 0 Å². The van der Waals surface area contributed by atoms with Crippen molar-refractivity contribution in [2.45, 2.75) is 31.2 Å². The van der Waals surface area contributed by atoms with Gasteiger partial charge in [0.2, 0.25) is 5.91 Å². The molecule has 3 amide bonds. The molecule has 0 heterocycles. The predicted molar refractivity (Wildman–Crippen MR) is 81.3 cm³/mol. The van der Waals surface area contributed by atoms with Gasteiger partial charge in [0, 0.05) is 14.9 Å². The minimum atomic E-state index is -0.467. The Morgan fingerprint density at radius 1 is 1.26 bits per heavy atom. The van der Waals surface area contributed by atoms with E-state index >= 15 is 0 Å². The molecular weight excluding hydrogens is 328 g/mol. The van der Waals surface area contributed by atoms with Gasteiger partial charge in [-0.1, -0.05) is 12.1 Å². The summed E-state index contributed by atoms with van der Waals surface area (Å²) in [5, 5.41) is 4.97. The molecule has 19 heavy (non-hydrogen) atoms. The average molecular weight is 345 g/mol. The molecule has 0 aliphatic rings. The first-order valence-electron chi connectivity index (χ1n) is 5.77. The monoisotopic (exact) mass is 344 g/mol. The molecule has 0 unspecified atom stereocenters. The fourth-order valence-corrected chi connectivity index (χ4v) is 2.61. The molecule has 1 aromatic rings. The molecule has 0 atom stereocenters. The summed E-state index contributed by atoms with van der Waals surface area (Å²) in [6.07, 6.45) is 0. The first-order valence-corrected chi connectivity index (χ1v) is 7.55. The molecule has 6 heteroatoms. The first-order chi connectivity index (χ1) is 8.78. The van der Waals surface area contributed by atoms with Gasteiger partial charge >= 0.3 is 6.03 Å². The van der Waals surface area contributed by atoms with Crippen LogP contribution in [0.25, 0.3) is 0 Å². The zero-order valence-electron chi connectivity index (χ0n) is 11.1. The van der Waals surface area contributed by atoms with Crippen molar-refractivity contribution in [2.75, 3.05) is 5.75 Å². The van der Waals surface area contributed by atoms with E-state index in [0.29, 0.717) is 0 Å². The minimum absolute atomic E-state index is 0.195. The number of thioether (sulfide) groups is 1. The summed E-state index contributed by atoms with van der Waals surface area (Å²) in [5.41, 5.74) is -0.361. The van der Waals surface area contributed by atoms with Gasteiger partial charge in [-0.2, -0.15) is 0 Å². The molecule has 0 bridgehead atoms. The van der Waals surface area contributed by atoms with E-state index in [-0.39, 0.29) is 17.2 Å². The fraction of sp³-hybridized carbons (Fsp3) is 0.385. The lowest BCUT2D eigenvalue weighted by Gasteiger charge is -2.20. The van der Waals surface area contributed by atoms with Crippen molar-refractivity contribution in [1.82, 2.24) is 10.6 Å². The van der Waals surface area contributed by atoms with E-state index in [1.165, 1.54) is 11.8 Å². The number of carbonyl (C=O) groups is 2. The molecule has 0 aliphatic carbocycles. The van der Waals surface area contributed by atoms with Gasteiger partial charge in [0.15, 0.2) is 0 Å². The van der Waals surface area contributed by atoms with Crippen molar-refractivity contribution in [3.8, 4) is 0 Å². The van der Waals surface area contributed by atoms with Crippen LogP contribution in [0.4, 0.5) is 4.79 Å². The fourth-order valence-electron chi connectivity index (χ4n) is 1.24. The lowest BCUT2D eigenvalue weighted by molar-refractivity contribution is -0.117. The van der Waals surface area contributed by atoms with Gasteiger partial charge < -0.3 is 5.32 Å². The Labute approximate surface area is 125 Å². The highest BCUT2D eigenvalue weighted by molar-refractivity contribution is 9.10. The van der Waals surface area contributed by atoms with E-state index < -0.39 is 6.03 Å². The van der Waals surface area contributed by atoms with Crippen LogP contribution in [0.15, 0.2) is 33.6 Å². The largest absolute Gasteiger partial charge is 0.333 e. The summed E-state index contributed by atoms with van der Waals surface area (Å²) in [6.45, 7) is 5.56.